The summed E-state index contributed by atoms with van der Waals surface area (Å²) in [6.45, 7) is 0.973. The minimum Gasteiger partial charge on any atom is -0.394 e. The SMILES string of the molecule is C[C@H](O)[C@H](CO)N1C(=O)c2ccccc2[C@@H](C(=O)NOCc2ccccn2)[C@@H]1c1ccc(Cl)cc1Cl. The van der Waals surface area contributed by atoms with Crippen LogP contribution in [0.25, 0.3) is 0 Å². The maximum absolute atomic E-state index is 13.7. The number of fused-ring (bicyclic) bond motifs is 1. The van der Waals surface area contributed by atoms with Gasteiger partial charge in [0.25, 0.3) is 11.8 Å². The molecule has 0 saturated heterocycles. The Morgan fingerprint density at radius 3 is 2.56 bits per heavy atom. The van der Waals surface area contributed by atoms with Crippen LogP contribution in [0.4, 0.5) is 0 Å². The Hall–Kier alpha value is -3.01. The quantitative estimate of drug-likeness (QED) is 0.384. The molecule has 8 nitrogen and oxygen atoms in total. The van der Waals surface area contributed by atoms with E-state index in [-0.39, 0.29) is 17.2 Å². The highest BCUT2D eigenvalue weighted by molar-refractivity contribution is 6.35. The van der Waals surface area contributed by atoms with Crippen molar-refractivity contribution in [2.45, 2.75) is 37.6 Å². The molecule has 0 saturated carbocycles. The van der Waals surface area contributed by atoms with Gasteiger partial charge in [0.15, 0.2) is 0 Å². The molecule has 0 bridgehead atoms. The number of aromatic nitrogens is 1. The highest BCUT2D eigenvalue weighted by atomic mass is 35.5. The summed E-state index contributed by atoms with van der Waals surface area (Å²) in [5.41, 5.74) is 4.29. The van der Waals surface area contributed by atoms with Crippen molar-refractivity contribution < 1.29 is 24.6 Å². The van der Waals surface area contributed by atoms with Crippen LogP contribution in [0, 0.1) is 0 Å². The molecule has 0 unspecified atom stereocenters. The summed E-state index contributed by atoms with van der Waals surface area (Å²) in [5, 5.41) is 21.2. The average Bonchev–Trinajstić information content (AvgIpc) is 2.86. The van der Waals surface area contributed by atoms with E-state index in [4.69, 9.17) is 28.0 Å². The molecule has 2 heterocycles. The number of carbonyl (C=O) groups is 2. The van der Waals surface area contributed by atoms with Gasteiger partial charge in [0, 0.05) is 21.8 Å². The number of carbonyl (C=O) groups excluding carboxylic acids is 2. The van der Waals surface area contributed by atoms with Gasteiger partial charge in [-0.15, -0.1) is 0 Å². The number of hydrogen-bond acceptors (Lipinski definition) is 6. The van der Waals surface area contributed by atoms with Crippen LogP contribution in [-0.2, 0) is 16.2 Å². The lowest BCUT2D eigenvalue weighted by Crippen LogP contribution is -2.55. The molecule has 0 radical (unpaired) electrons. The second-order valence-electron chi connectivity index (χ2n) is 8.45. The zero-order valence-corrected chi connectivity index (χ0v) is 20.9. The van der Waals surface area contributed by atoms with Gasteiger partial charge in [0.1, 0.15) is 6.61 Å². The molecule has 1 aromatic heterocycles. The summed E-state index contributed by atoms with van der Waals surface area (Å²) in [7, 11) is 0. The summed E-state index contributed by atoms with van der Waals surface area (Å²) < 4.78 is 0. The van der Waals surface area contributed by atoms with Gasteiger partial charge in [0.2, 0.25) is 0 Å². The van der Waals surface area contributed by atoms with Gasteiger partial charge in [-0.2, -0.15) is 0 Å². The number of pyridine rings is 1. The van der Waals surface area contributed by atoms with Crippen molar-refractivity contribution in [1.82, 2.24) is 15.4 Å². The highest BCUT2D eigenvalue weighted by Crippen LogP contribution is 2.46. The summed E-state index contributed by atoms with van der Waals surface area (Å²) in [5.74, 6) is -1.96. The Labute approximate surface area is 218 Å². The van der Waals surface area contributed by atoms with Crippen LogP contribution in [0.3, 0.4) is 0 Å². The van der Waals surface area contributed by atoms with Crippen LogP contribution in [0.5, 0.6) is 0 Å². The minimum absolute atomic E-state index is 0.0307. The molecule has 188 valence electrons. The molecule has 10 heteroatoms. The average molecular weight is 530 g/mol. The zero-order valence-electron chi connectivity index (χ0n) is 19.3. The predicted octanol–water partition coefficient (Wildman–Crippen LogP) is 3.66. The lowest BCUT2D eigenvalue weighted by molar-refractivity contribution is -0.138. The predicted molar refractivity (Wildman–Crippen MR) is 134 cm³/mol. The Balaban J connectivity index is 1.80. The number of halogens is 2. The van der Waals surface area contributed by atoms with Gasteiger partial charge < -0.3 is 15.1 Å². The van der Waals surface area contributed by atoms with E-state index in [2.05, 4.69) is 10.5 Å². The first-order valence-electron chi connectivity index (χ1n) is 11.3. The van der Waals surface area contributed by atoms with E-state index in [1.807, 2.05) is 0 Å². The van der Waals surface area contributed by atoms with Crippen molar-refractivity contribution in [3.8, 4) is 0 Å². The molecule has 3 N–H and O–H groups in total. The fraction of sp³-hybridized carbons (Fsp3) is 0.269. The first-order chi connectivity index (χ1) is 17.3. The molecule has 2 amide bonds. The van der Waals surface area contributed by atoms with Crippen LogP contribution < -0.4 is 5.48 Å². The fourth-order valence-corrected chi connectivity index (χ4v) is 4.99. The number of aliphatic hydroxyl groups is 2. The lowest BCUT2D eigenvalue weighted by Gasteiger charge is -2.46. The number of nitrogens with one attached hydrogen (secondary N) is 1. The minimum atomic E-state index is -1.10. The van der Waals surface area contributed by atoms with Crippen LogP contribution >= 0.6 is 23.2 Å². The Kier molecular flexibility index (Phi) is 8.23. The smallest absolute Gasteiger partial charge is 0.255 e. The molecule has 0 aliphatic carbocycles. The summed E-state index contributed by atoms with van der Waals surface area (Å²) in [6.07, 6.45) is 0.521. The largest absolute Gasteiger partial charge is 0.394 e. The van der Waals surface area contributed by atoms with Gasteiger partial charge in [0.05, 0.1) is 36.4 Å². The maximum Gasteiger partial charge on any atom is 0.255 e. The number of aliphatic hydroxyl groups excluding tert-OH is 2. The third-order valence-electron chi connectivity index (χ3n) is 6.16. The molecule has 1 aliphatic rings. The van der Waals surface area contributed by atoms with Crippen LogP contribution in [0.1, 0.15) is 46.1 Å². The van der Waals surface area contributed by atoms with Gasteiger partial charge in [-0.05, 0) is 48.4 Å². The van der Waals surface area contributed by atoms with E-state index in [0.717, 1.165) is 0 Å². The second-order valence-corrected chi connectivity index (χ2v) is 9.30. The summed E-state index contributed by atoms with van der Waals surface area (Å²) >= 11 is 12.7. The summed E-state index contributed by atoms with van der Waals surface area (Å²) in [4.78, 5) is 38.3. The highest BCUT2D eigenvalue weighted by Gasteiger charge is 2.48. The number of amides is 2. The molecule has 0 spiro atoms. The number of hydrogen-bond donors (Lipinski definition) is 3. The first kappa shape index (κ1) is 26.1. The van der Waals surface area contributed by atoms with E-state index in [1.54, 1.807) is 60.8 Å². The standard InChI is InChI=1S/C26H25Cl2N3O5/c1-15(33)22(13-32)31-24(20-10-9-16(27)12-21(20)28)23(18-7-2-3-8-19(18)26(31)35)25(34)30-36-14-17-6-4-5-11-29-17/h2-12,15,22-24,32-33H,13-14H2,1H3,(H,30,34)/t15-,22-,23+,24-/m0/s1. The fourth-order valence-electron chi connectivity index (χ4n) is 4.47. The number of nitrogens with zero attached hydrogens (tertiary/aromatic N) is 2. The zero-order chi connectivity index (χ0) is 25.8. The topological polar surface area (TPSA) is 112 Å². The lowest BCUT2D eigenvalue weighted by atomic mass is 9.78. The molecular weight excluding hydrogens is 505 g/mol. The van der Waals surface area contributed by atoms with Crippen molar-refractivity contribution in [1.29, 1.82) is 0 Å². The molecular formula is C26H25Cl2N3O5. The monoisotopic (exact) mass is 529 g/mol. The molecule has 1 aliphatic heterocycles. The Bertz CT molecular complexity index is 1240. The maximum atomic E-state index is 13.7. The van der Waals surface area contributed by atoms with Crippen molar-refractivity contribution in [2.24, 2.45) is 0 Å². The third kappa shape index (κ3) is 5.23. The Morgan fingerprint density at radius 1 is 1.14 bits per heavy atom. The van der Waals surface area contributed by atoms with E-state index < -0.39 is 42.5 Å². The van der Waals surface area contributed by atoms with Crippen molar-refractivity contribution in [3.05, 3.63) is 99.3 Å². The van der Waals surface area contributed by atoms with Crippen LogP contribution in [0.2, 0.25) is 10.0 Å². The molecule has 2 aromatic carbocycles. The number of benzene rings is 2. The van der Waals surface area contributed by atoms with Gasteiger partial charge in [-0.25, -0.2) is 5.48 Å². The molecule has 36 heavy (non-hydrogen) atoms. The summed E-state index contributed by atoms with van der Waals surface area (Å²) in [6, 6.07) is 14.8. The first-order valence-corrected chi connectivity index (χ1v) is 12.1. The van der Waals surface area contributed by atoms with E-state index >= 15 is 0 Å². The van der Waals surface area contributed by atoms with Crippen LogP contribution in [0.15, 0.2) is 66.9 Å². The van der Waals surface area contributed by atoms with Gasteiger partial charge in [-0.3, -0.25) is 19.4 Å². The Morgan fingerprint density at radius 2 is 1.89 bits per heavy atom. The third-order valence-corrected chi connectivity index (χ3v) is 6.72. The van der Waals surface area contributed by atoms with E-state index in [0.29, 0.717) is 21.8 Å². The second kappa shape index (κ2) is 11.4. The normalized spacial score (nSPS) is 18.9. The van der Waals surface area contributed by atoms with E-state index in [9.17, 15) is 19.8 Å². The number of hydroxylamine groups is 1. The van der Waals surface area contributed by atoms with Crippen molar-refractivity contribution in [3.63, 3.8) is 0 Å². The van der Waals surface area contributed by atoms with Crippen molar-refractivity contribution in [2.75, 3.05) is 6.61 Å². The molecule has 0 fully saturated rings. The van der Waals surface area contributed by atoms with E-state index in [1.165, 1.54) is 17.9 Å². The molecule has 4 atom stereocenters. The van der Waals surface area contributed by atoms with Crippen LogP contribution in [-0.4, -0.2) is 50.7 Å². The number of rotatable bonds is 8. The molecule has 3 aromatic rings. The van der Waals surface area contributed by atoms with Gasteiger partial charge in [-0.1, -0.05) is 53.5 Å². The van der Waals surface area contributed by atoms with Crippen molar-refractivity contribution >= 4 is 35.0 Å². The van der Waals surface area contributed by atoms with Gasteiger partial charge >= 0.3 is 0 Å². The molecule has 4 rings (SSSR count).